The van der Waals surface area contributed by atoms with Crippen LogP contribution in [0.25, 0.3) is 0 Å². The van der Waals surface area contributed by atoms with Gasteiger partial charge in [0.15, 0.2) is 0 Å². The maximum Gasteiger partial charge on any atom is 0.268 e. The summed E-state index contributed by atoms with van der Waals surface area (Å²) in [6, 6.07) is 13.3. The lowest BCUT2D eigenvalue weighted by Crippen LogP contribution is -2.25. The van der Waals surface area contributed by atoms with Crippen molar-refractivity contribution in [2.75, 3.05) is 6.54 Å². The van der Waals surface area contributed by atoms with Crippen LogP contribution in [0.2, 0.25) is 0 Å². The Morgan fingerprint density at radius 3 is 2.67 bits per heavy atom. The van der Waals surface area contributed by atoms with E-state index in [0.717, 1.165) is 5.56 Å². The Labute approximate surface area is 106 Å². The van der Waals surface area contributed by atoms with E-state index in [0.29, 0.717) is 12.2 Å². The molecule has 0 aliphatic rings. The molecule has 0 aliphatic heterocycles. The van der Waals surface area contributed by atoms with Crippen LogP contribution >= 0.6 is 0 Å². The number of nitrogens with one attached hydrogen (secondary N) is 1. The summed E-state index contributed by atoms with van der Waals surface area (Å²) in [5.41, 5.74) is 1.59. The van der Waals surface area contributed by atoms with E-state index in [-0.39, 0.29) is 5.91 Å². The zero-order valence-electron chi connectivity index (χ0n) is 10.2. The molecule has 2 rings (SSSR count). The molecule has 90 valence electrons. The molecule has 0 spiro atoms. The molecule has 0 fully saturated rings. The summed E-state index contributed by atoms with van der Waals surface area (Å²) in [7, 11) is 1.84. The first kappa shape index (κ1) is 12.0. The van der Waals surface area contributed by atoms with Gasteiger partial charge in [0.1, 0.15) is 5.69 Å². The number of aromatic nitrogens is 1. The number of carbonyl (C=O) groups is 1. The maximum absolute atomic E-state index is 11.7. The Morgan fingerprint density at radius 2 is 2.00 bits per heavy atom. The van der Waals surface area contributed by atoms with Crippen molar-refractivity contribution in [3.8, 4) is 11.8 Å². The first-order chi connectivity index (χ1) is 8.77. The summed E-state index contributed by atoms with van der Waals surface area (Å²) in [4.78, 5) is 11.7. The minimum atomic E-state index is -0.107. The molecule has 2 aromatic rings. The summed E-state index contributed by atoms with van der Waals surface area (Å²) in [6.07, 6.45) is 1.84. The van der Waals surface area contributed by atoms with Gasteiger partial charge in [0, 0.05) is 18.8 Å². The average Bonchev–Trinajstić information content (AvgIpc) is 2.82. The third kappa shape index (κ3) is 3.02. The Balaban J connectivity index is 1.89. The van der Waals surface area contributed by atoms with Crippen molar-refractivity contribution >= 4 is 5.91 Å². The van der Waals surface area contributed by atoms with Gasteiger partial charge in [-0.05, 0) is 24.3 Å². The number of carbonyl (C=O) groups excluding carboxylic acids is 1. The number of nitrogens with zero attached hydrogens (tertiary/aromatic N) is 1. The molecule has 1 heterocycles. The van der Waals surface area contributed by atoms with E-state index >= 15 is 0 Å². The predicted molar refractivity (Wildman–Crippen MR) is 71.1 cm³/mol. The highest BCUT2D eigenvalue weighted by Crippen LogP contribution is 1.98. The minimum absolute atomic E-state index is 0.107. The van der Waals surface area contributed by atoms with Gasteiger partial charge in [-0.25, -0.2) is 0 Å². The molecule has 0 aliphatic carbocycles. The summed E-state index contributed by atoms with van der Waals surface area (Å²) < 4.78 is 1.78. The van der Waals surface area contributed by atoms with Crippen LogP contribution in [0.1, 0.15) is 16.1 Å². The van der Waals surface area contributed by atoms with Crippen LogP contribution in [0.15, 0.2) is 48.7 Å². The van der Waals surface area contributed by atoms with Crippen molar-refractivity contribution in [3.63, 3.8) is 0 Å². The molecule has 0 saturated heterocycles. The number of aryl methyl sites for hydroxylation is 1. The van der Waals surface area contributed by atoms with Crippen molar-refractivity contribution in [2.45, 2.75) is 0 Å². The Bertz CT molecular complexity index is 588. The van der Waals surface area contributed by atoms with Gasteiger partial charge in [-0.3, -0.25) is 4.79 Å². The first-order valence-electron chi connectivity index (χ1n) is 5.71. The lowest BCUT2D eigenvalue weighted by atomic mass is 10.2. The fourth-order valence-electron chi connectivity index (χ4n) is 1.58. The van der Waals surface area contributed by atoms with Crippen LogP contribution in [0.5, 0.6) is 0 Å². The number of hydrogen-bond acceptors (Lipinski definition) is 1. The molecule has 3 heteroatoms. The standard InChI is InChI=1S/C15H14N2O/c1-17-12-6-10-14(17)15(18)16-11-5-9-13-7-3-2-4-8-13/h2-4,6-8,10,12H,11H2,1H3,(H,16,18). The predicted octanol–water partition coefficient (Wildman–Crippen LogP) is 1.81. The van der Waals surface area contributed by atoms with E-state index in [9.17, 15) is 4.79 Å². The first-order valence-corrected chi connectivity index (χ1v) is 5.71. The monoisotopic (exact) mass is 238 g/mol. The smallest absolute Gasteiger partial charge is 0.268 e. The lowest BCUT2D eigenvalue weighted by Gasteiger charge is -2.02. The molecule has 1 N–H and O–H groups in total. The third-order valence-corrected chi connectivity index (χ3v) is 2.52. The summed E-state index contributed by atoms with van der Waals surface area (Å²) in [5.74, 6) is 5.80. The van der Waals surface area contributed by atoms with Crippen LogP contribution < -0.4 is 5.32 Å². The fourth-order valence-corrected chi connectivity index (χ4v) is 1.58. The molecular formula is C15H14N2O. The van der Waals surface area contributed by atoms with Crippen LogP contribution in [0.4, 0.5) is 0 Å². The number of benzene rings is 1. The molecule has 3 nitrogen and oxygen atoms in total. The average molecular weight is 238 g/mol. The third-order valence-electron chi connectivity index (χ3n) is 2.52. The summed E-state index contributed by atoms with van der Waals surface area (Å²) in [5, 5.41) is 2.76. The molecule has 0 radical (unpaired) electrons. The van der Waals surface area contributed by atoms with Crippen LogP contribution in [0.3, 0.4) is 0 Å². The molecule has 18 heavy (non-hydrogen) atoms. The van der Waals surface area contributed by atoms with Crippen molar-refractivity contribution < 1.29 is 4.79 Å². The number of rotatable bonds is 2. The largest absolute Gasteiger partial charge is 0.347 e. The molecule has 0 bridgehead atoms. The second-order valence-electron chi connectivity index (χ2n) is 3.85. The van der Waals surface area contributed by atoms with Crippen molar-refractivity contribution in [1.29, 1.82) is 0 Å². The highest BCUT2D eigenvalue weighted by Gasteiger charge is 2.06. The number of amides is 1. The van der Waals surface area contributed by atoms with E-state index in [1.807, 2.05) is 49.6 Å². The highest BCUT2D eigenvalue weighted by molar-refractivity contribution is 5.92. The van der Waals surface area contributed by atoms with Gasteiger partial charge in [-0.2, -0.15) is 0 Å². The van der Waals surface area contributed by atoms with E-state index in [1.54, 1.807) is 10.6 Å². The van der Waals surface area contributed by atoms with Crippen LogP contribution in [0, 0.1) is 11.8 Å². The minimum Gasteiger partial charge on any atom is -0.347 e. The quantitative estimate of drug-likeness (QED) is 0.795. The second kappa shape index (κ2) is 5.74. The lowest BCUT2D eigenvalue weighted by molar-refractivity contribution is 0.0950. The molecule has 0 saturated carbocycles. The molecule has 0 unspecified atom stereocenters. The SMILES string of the molecule is Cn1cccc1C(=O)NCC#Cc1ccccc1. The summed E-state index contributed by atoms with van der Waals surface area (Å²) in [6.45, 7) is 0.346. The fraction of sp³-hybridized carbons (Fsp3) is 0.133. The molecule has 1 amide bonds. The van der Waals surface area contributed by atoms with Crippen molar-refractivity contribution in [2.24, 2.45) is 7.05 Å². The molecule has 1 aromatic heterocycles. The van der Waals surface area contributed by atoms with Crippen molar-refractivity contribution in [3.05, 3.63) is 59.9 Å². The van der Waals surface area contributed by atoms with Gasteiger partial charge in [0.25, 0.3) is 5.91 Å². The van der Waals surface area contributed by atoms with E-state index in [1.165, 1.54) is 0 Å². The van der Waals surface area contributed by atoms with Gasteiger partial charge < -0.3 is 9.88 Å². The normalized spacial score (nSPS) is 9.39. The Kier molecular flexibility index (Phi) is 3.83. The van der Waals surface area contributed by atoms with E-state index in [2.05, 4.69) is 17.2 Å². The van der Waals surface area contributed by atoms with Gasteiger partial charge in [0.2, 0.25) is 0 Å². The van der Waals surface area contributed by atoms with Crippen molar-refractivity contribution in [1.82, 2.24) is 9.88 Å². The highest BCUT2D eigenvalue weighted by atomic mass is 16.1. The number of hydrogen-bond donors (Lipinski definition) is 1. The zero-order valence-corrected chi connectivity index (χ0v) is 10.2. The topological polar surface area (TPSA) is 34.0 Å². The Hall–Kier alpha value is -2.47. The zero-order chi connectivity index (χ0) is 12.8. The molecular weight excluding hydrogens is 224 g/mol. The van der Waals surface area contributed by atoms with Gasteiger partial charge in [-0.1, -0.05) is 30.0 Å². The van der Waals surface area contributed by atoms with Crippen LogP contribution in [-0.2, 0) is 7.05 Å². The van der Waals surface area contributed by atoms with Gasteiger partial charge in [-0.15, -0.1) is 0 Å². The summed E-state index contributed by atoms with van der Waals surface area (Å²) >= 11 is 0. The van der Waals surface area contributed by atoms with Crippen LogP contribution in [-0.4, -0.2) is 17.0 Å². The molecule has 0 atom stereocenters. The molecule has 1 aromatic carbocycles. The Morgan fingerprint density at radius 1 is 1.22 bits per heavy atom. The van der Waals surface area contributed by atoms with E-state index < -0.39 is 0 Å². The second-order valence-corrected chi connectivity index (χ2v) is 3.85. The van der Waals surface area contributed by atoms with Gasteiger partial charge in [0.05, 0.1) is 6.54 Å². The van der Waals surface area contributed by atoms with Gasteiger partial charge >= 0.3 is 0 Å². The van der Waals surface area contributed by atoms with E-state index in [4.69, 9.17) is 0 Å². The maximum atomic E-state index is 11.7.